The molecule has 0 radical (unpaired) electrons. The second kappa shape index (κ2) is 7.79. The summed E-state index contributed by atoms with van der Waals surface area (Å²) in [6.45, 7) is 3.59. The maximum atomic E-state index is 12.7. The van der Waals surface area contributed by atoms with Gasteiger partial charge in [0, 0.05) is 13.1 Å². The van der Waals surface area contributed by atoms with Crippen LogP contribution in [0.15, 0.2) is 24.3 Å². The first-order chi connectivity index (χ1) is 13.3. The molecular weight excluding hydrogens is 366 g/mol. The second-order valence-electron chi connectivity index (χ2n) is 7.06. The van der Waals surface area contributed by atoms with Crippen LogP contribution in [0.5, 0.6) is 0 Å². The van der Waals surface area contributed by atoms with Gasteiger partial charge in [-0.05, 0) is 24.5 Å². The summed E-state index contributed by atoms with van der Waals surface area (Å²) in [6, 6.07) is 4.66. The third-order valence-electron chi connectivity index (χ3n) is 4.60. The lowest BCUT2D eigenvalue weighted by Gasteiger charge is -2.26. The van der Waals surface area contributed by atoms with Gasteiger partial charge in [-0.2, -0.15) is 0 Å². The number of carbonyl (C=O) groups excluding carboxylic acids is 5. The van der Waals surface area contributed by atoms with Crippen molar-refractivity contribution in [3.05, 3.63) is 35.4 Å². The third kappa shape index (κ3) is 3.60. The van der Waals surface area contributed by atoms with Gasteiger partial charge in [0.25, 0.3) is 17.7 Å². The number of urea groups is 1. The predicted octanol–water partition coefficient (Wildman–Crippen LogP) is 0.792. The summed E-state index contributed by atoms with van der Waals surface area (Å²) >= 11 is 0. The van der Waals surface area contributed by atoms with E-state index in [4.69, 9.17) is 4.74 Å². The summed E-state index contributed by atoms with van der Waals surface area (Å²) in [7, 11) is 0. The summed E-state index contributed by atoms with van der Waals surface area (Å²) in [5, 5.41) is 2.48. The summed E-state index contributed by atoms with van der Waals surface area (Å²) in [5.74, 6) is -2.64. The average Bonchev–Trinajstić information content (AvgIpc) is 3.20. The van der Waals surface area contributed by atoms with Crippen LogP contribution in [0, 0.1) is 5.92 Å². The minimum atomic E-state index is -1.15. The van der Waals surface area contributed by atoms with Crippen LogP contribution in [0.25, 0.3) is 0 Å². The number of imide groups is 2. The average molecular weight is 387 g/mol. The van der Waals surface area contributed by atoms with Gasteiger partial charge in [-0.3, -0.25) is 24.2 Å². The van der Waals surface area contributed by atoms with Crippen LogP contribution in [-0.2, 0) is 14.3 Å². The Hall–Kier alpha value is -3.23. The van der Waals surface area contributed by atoms with Crippen LogP contribution >= 0.6 is 0 Å². The molecule has 1 N–H and O–H groups in total. The molecule has 1 atom stereocenters. The quantitative estimate of drug-likeness (QED) is 0.570. The van der Waals surface area contributed by atoms with Crippen molar-refractivity contribution in [2.24, 2.45) is 5.92 Å². The van der Waals surface area contributed by atoms with Gasteiger partial charge in [-0.1, -0.05) is 26.0 Å². The van der Waals surface area contributed by atoms with E-state index < -0.39 is 42.4 Å². The molecule has 2 aliphatic heterocycles. The van der Waals surface area contributed by atoms with E-state index in [9.17, 15) is 24.0 Å². The number of hydrogen-bond donors (Lipinski definition) is 1. The second-order valence-corrected chi connectivity index (χ2v) is 7.06. The number of benzene rings is 1. The molecule has 0 aliphatic carbocycles. The minimum Gasteiger partial charge on any atom is -0.454 e. The molecule has 1 fully saturated rings. The van der Waals surface area contributed by atoms with Crippen molar-refractivity contribution in [1.29, 1.82) is 0 Å². The molecule has 0 saturated carbocycles. The first-order valence-corrected chi connectivity index (χ1v) is 9.03. The van der Waals surface area contributed by atoms with Gasteiger partial charge in [-0.25, -0.2) is 9.59 Å². The number of hydrogen-bond acceptors (Lipinski definition) is 6. The van der Waals surface area contributed by atoms with E-state index in [1.165, 1.54) is 12.1 Å². The van der Waals surface area contributed by atoms with E-state index in [-0.39, 0.29) is 30.0 Å². The topological polar surface area (TPSA) is 113 Å². The summed E-state index contributed by atoms with van der Waals surface area (Å²) in [5.41, 5.74) is 0.470. The van der Waals surface area contributed by atoms with Gasteiger partial charge < -0.3 is 10.1 Å². The molecule has 9 nitrogen and oxygen atoms in total. The maximum absolute atomic E-state index is 12.7. The minimum absolute atomic E-state index is 0.0121. The molecule has 5 amide bonds. The molecule has 0 aromatic heterocycles. The van der Waals surface area contributed by atoms with Gasteiger partial charge in [0.1, 0.15) is 6.04 Å². The normalized spacial score (nSPS) is 17.0. The van der Waals surface area contributed by atoms with E-state index in [2.05, 4.69) is 5.32 Å². The maximum Gasteiger partial charge on any atom is 0.329 e. The first-order valence-electron chi connectivity index (χ1n) is 9.03. The lowest BCUT2D eigenvalue weighted by atomic mass is 10.0. The van der Waals surface area contributed by atoms with Crippen molar-refractivity contribution in [2.75, 3.05) is 19.7 Å². The lowest BCUT2D eigenvalue weighted by molar-refractivity contribution is -0.154. The van der Waals surface area contributed by atoms with Crippen molar-refractivity contribution >= 4 is 29.7 Å². The zero-order chi connectivity index (χ0) is 20.4. The summed E-state index contributed by atoms with van der Waals surface area (Å²) in [4.78, 5) is 63.5. The number of rotatable bonds is 6. The van der Waals surface area contributed by atoms with Crippen molar-refractivity contribution < 1.29 is 28.7 Å². The highest BCUT2D eigenvalue weighted by Gasteiger charge is 2.43. The Balaban J connectivity index is 1.74. The van der Waals surface area contributed by atoms with E-state index in [0.29, 0.717) is 6.54 Å². The number of ether oxygens (including phenoxy) is 1. The molecule has 2 heterocycles. The van der Waals surface area contributed by atoms with Gasteiger partial charge in [0.2, 0.25) is 0 Å². The molecule has 0 unspecified atom stereocenters. The molecule has 9 heteroatoms. The fourth-order valence-corrected chi connectivity index (χ4v) is 3.26. The lowest BCUT2D eigenvalue weighted by Crippen LogP contribution is -2.47. The number of nitrogens with one attached hydrogen (secondary N) is 1. The molecule has 3 rings (SSSR count). The number of amides is 5. The molecule has 1 aromatic carbocycles. The Morgan fingerprint density at radius 2 is 1.71 bits per heavy atom. The highest BCUT2D eigenvalue weighted by atomic mass is 16.5. The molecule has 28 heavy (non-hydrogen) atoms. The Kier molecular flexibility index (Phi) is 5.43. The smallest absolute Gasteiger partial charge is 0.329 e. The molecular formula is C19H21N3O6. The number of fused-ring (bicyclic) bond motifs is 1. The fourth-order valence-electron chi connectivity index (χ4n) is 3.26. The summed E-state index contributed by atoms with van der Waals surface area (Å²) in [6.07, 6.45) is 0.197. The Bertz CT molecular complexity index is 815. The standard InChI is InChI=1S/C19H21N3O6/c1-11(2)9-14(18(26)28-10-15(23)21-8-7-20-19(21)27)22-16(24)12-5-3-4-6-13(12)17(22)25/h3-6,11,14H,7-10H2,1-2H3,(H,20,27)/t14-/m0/s1. The first kappa shape index (κ1) is 19.5. The van der Waals surface area contributed by atoms with Crippen LogP contribution in [0.3, 0.4) is 0 Å². The van der Waals surface area contributed by atoms with Crippen molar-refractivity contribution in [3.63, 3.8) is 0 Å². The highest BCUT2D eigenvalue weighted by Crippen LogP contribution is 2.27. The van der Waals surface area contributed by atoms with Gasteiger partial charge in [0.15, 0.2) is 6.61 Å². The van der Waals surface area contributed by atoms with Crippen molar-refractivity contribution in [1.82, 2.24) is 15.1 Å². The van der Waals surface area contributed by atoms with E-state index in [0.717, 1.165) is 9.80 Å². The van der Waals surface area contributed by atoms with Gasteiger partial charge >= 0.3 is 12.0 Å². The van der Waals surface area contributed by atoms with E-state index >= 15 is 0 Å². The third-order valence-corrected chi connectivity index (χ3v) is 4.60. The molecule has 148 valence electrons. The van der Waals surface area contributed by atoms with Crippen molar-refractivity contribution in [3.8, 4) is 0 Å². The SMILES string of the molecule is CC(C)C[C@@H](C(=O)OCC(=O)N1CCNC1=O)N1C(=O)c2ccccc2C1=O. The van der Waals surface area contributed by atoms with Crippen LogP contribution in [0.4, 0.5) is 4.79 Å². The van der Waals surface area contributed by atoms with E-state index in [1.807, 2.05) is 13.8 Å². The van der Waals surface area contributed by atoms with Crippen LogP contribution in [0.2, 0.25) is 0 Å². The molecule has 2 aliphatic rings. The largest absolute Gasteiger partial charge is 0.454 e. The zero-order valence-corrected chi connectivity index (χ0v) is 15.6. The Morgan fingerprint density at radius 3 is 2.21 bits per heavy atom. The van der Waals surface area contributed by atoms with Crippen LogP contribution in [0.1, 0.15) is 41.0 Å². The number of esters is 1. The Labute approximate surface area is 161 Å². The van der Waals surface area contributed by atoms with Crippen LogP contribution < -0.4 is 5.32 Å². The van der Waals surface area contributed by atoms with Crippen LogP contribution in [-0.4, -0.2) is 65.3 Å². The predicted molar refractivity (Wildman–Crippen MR) is 96.3 cm³/mol. The van der Waals surface area contributed by atoms with E-state index in [1.54, 1.807) is 12.1 Å². The van der Waals surface area contributed by atoms with Gasteiger partial charge in [0.05, 0.1) is 11.1 Å². The summed E-state index contributed by atoms with van der Waals surface area (Å²) < 4.78 is 5.08. The zero-order valence-electron chi connectivity index (χ0n) is 15.6. The molecule has 0 bridgehead atoms. The molecule has 0 spiro atoms. The highest BCUT2D eigenvalue weighted by molar-refractivity contribution is 6.22. The van der Waals surface area contributed by atoms with Gasteiger partial charge in [-0.15, -0.1) is 0 Å². The molecule has 1 aromatic rings. The molecule has 1 saturated heterocycles. The Morgan fingerprint density at radius 1 is 1.11 bits per heavy atom. The number of nitrogens with zero attached hydrogens (tertiary/aromatic N) is 2. The van der Waals surface area contributed by atoms with Crippen molar-refractivity contribution in [2.45, 2.75) is 26.3 Å². The number of carbonyl (C=O) groups is 5. The fraction of sp³-hybridized carbons (Fsp3) is 0.421. The monoisotopic (exact) mass is 387 g/mol.